The van der Waals surface area contributed by atoms with Crippen molar-refractivity contribution in [3.8, 4) is 11.1 Å². The molecule has 0 spiro atoms. The molecule has 0 aliphatic rings. The molecule has 0 N–H and O–H groups in total. The number of pyridine rings is 1. The summed E-state index contributed by atoms with van der Waals surface area (Å²) in [6, 6.07) is 9.76. The fourth-order valence-electron chi connectivity index (χ4n) is 3.38. The average Bonchev–Trinajstić information content (AvgIpc) is 3.20. The zero-order chi connectivity index (χ0) is 22.7. The summed E-state index contributed by atoms with van der Waals surface area (Å²) in [5.74, 6) is 2.57. The van der Waals surface area contributed by atoms with E-state index in [0.717, 1.165) is 45.4 Å². The van der Waals surface area contributed by atoms with Crippen LogP contribution in [-0.2, 0) is 6.54 Å². The maximum atomic E-state index is 11.5. The van der Waals surface area contributed by atoms with Crippen LogP contribution in [0.2, 0.25) is 0 Å². The summed E-state index contributed by atoms with van der Waals surface area (Å²) < 4.78 is 7.43. The van der Waals surface area contributed by atoms with Crippen LogP contribution in [-0.4, -0.2) is 25.5 Å². The van der Waals surface area contributed by atoms with E-state index in [0.29, 0.717) is 17.8 Å². The van der Waals surface area contributed by atoms with E-state index in [1.807, 2.05) is 51.2 Å². The molecule has 0 radical (unpaired) electrons. The summed E-state index contributed by atoms with van der Waals surface area (Å²) in [7, 11) is 0. The number of hydrogen-bond donors (Lipinski definition) is 0. The lowest BCUT2D eigenvalue weighted by molar-refractivity contribution is 0.101. The zero-order valence-corrected chi connectivity index (χ0v) is 19.4. The van der Waals surface area contributed by atoms with Gasteiger partial charge < -0.3 is 9.09 Å². The van der Waals surface area contributed by atoms with Crippen molar-refractivity contribution >= 4 is 16.9 Å². The predicted octanol–water partition coefficient (Wildman–Crippen LogP) is 5.92. The van der Waals surface area contributed by atoms with Crippen molar-refractivity contribution in [3.05, 3.63) is 64.9 Å². The summed E-state index contributed by atoms with van der Waals surface area (Å²) in [4.78, 5) is 20.6. The summed E-state index contributed by atoms with van der Waals surface area (Å²) in [5, 5.41) is 4.04. The lowest BCUT2D eigenvalue weighted by Crippen LogP contribution is -2.03. The normalized spacial score (nSPS) is 11.0. The number of nitrogens with zero attached hydrogens (tertiary/aromatic N) is 4. The molecule has 6 nitrogen and oxygen atoms in total. The Hall–Kier alpha value is -3.28. The van der Waals surface area contributed by atoms with E-state index in [2.05, 4.69) is 46.5 Å². The van der Waals surface area contributed by atoms with Crippen LogP contribution < -0.4 is 0 Å². The van der Waals surface area contributed by atoms with Gasteiger partial charge in [-0.05, 0) is 45.2 Å². The van der Waals surface area contributed by atoms with Crippen LogP contribution in [0.5, 0.6) is 0 Å². The monoisotopic (exact) mass is 418 g/mol. The maximum Gasteiger partial charge on any atom is 0.177 e. The van der Waals surface area contributed by atoms with Crippen LogP contribution >= 0.6 is 0 Å². The number of Topliss-reactive ketones (excluding diaryl/α,β-unsaturated/α-hetero) is 1. The largest absolute Gasteiger partial charge is 0.361 e. The van der Waals surface area contributed by atoms with Crippen LogP contribution in [0.15, 0.2) is 41.1 Å². The number of carbonyl (C=O) groups is 1. The van der Waals surface area contributed by atoms with Gasteiger partial charge in [0, 0.05) is 29.4 Å². The summed E-state index contributed by atoms with van der Waals surface area (Å²) in [6.45, 7) is 14.5. The Labute approximate surface area is 183 Å². The van der Waals surface area contributed by atoms with E-state index in [1.165, 1.54) is 0 Å². The second kappa shape index (κ2) is 9.25. The number of carbonyl (C=O) groups excluding carboxylic acids is 1. The molecule has 6 heteroatoms. The van der Waals surface area contributed by atoms with E-state index < -0.39 is 0 Å². The third-order valence-electron chi connectivity index (χ3n) is 4.82. The number of benzene rings is 1. The van der Waals surface area contributed by atoms with E-state index in [9.17, 15) is 4.79 Å². The van der Waals surface area contributed by atoms with Gasteiger partial charge in [-0.25, -0.2) is 9.97 Å². The van der Waals surface area contributed by atoms with Gasteiger partial charge in [-0.3, -0.25) is 4.79 Å². The molecule has 0 saturated heterocycles. The molecule has 0 aliphatic carbocycles. The lowest BCUT2D eigenvalue weighted by atomic mass is 10.1. The second-order valence-electron chi connectivity index (χ2n) is 8.50. The van der Waals surface area contributed by atoms with E-state index in [4.69, 9.17) is 4.52 Å². The van der Waals surface area contributed by atoms with Crippen LogP contribution in [0.1, 0.15) is 60.9 Å². The van der Waals surface area contributed by atoms with Crippen LogP contribution in [0.3, 0.4) is 0 Å². The number of aromatic nitrogens is 4. The molecule has 3 heterocycles. The topological polar surface area (TPSA) is 73.8 Å². The van der Waals surface area contributed by atoms with Crippen molar-refractivity contribution in [1.82, 2.24) is 19.7 Å². The van der Waals surface area contributed by atoms with E-state index >= 15 is 0 Å². The van der Waals surface area contributed by atoms with E-state index in [-0.39, 0.29) is 5.78 Å². The summed E-state index contributed by atoms with van der Waals surface area (Å²) in [6.07, 6.45) is 1.81. The molecule has 0 atom stereocenters. The zero-order valence-electron chi connectivity index (χ0n) is 19.4. The second-order valence-corrected chi connectivity index (χ2v) is 8.50. The molecule has 3 aromatic heterocycles. The number of rotatable bonds is 4. The average molecular weight is 419 g/mol. The molecule has 4 rings (SSSR count). The number of hydrogen-bond acceptors (Lipinski definition) is 5. The van der Waals surface area contributed by atoms with Gasteiger partial charge in [-0.2, -0.15) is 0 Å². The van der Waals surface area contributed by atoms with E-state index in [1.54, 1.807) is 6.92 Å². The molecule has 0 amide bonds. The van der Waals surface area contributed by atoms with Gasteiger partial charge in [0.1, 0.15) is 11.6 Å². The first-order valence-corrected chi connectivity index (χ1v) is 10.5. The molecule has 4 aromatic rings. The molecular formula is C25H30N4O2. The first-order chi connectivity index (χ1) is 14.7. The number of fused-ring (bicyclic) bond motifs is 1. The number of ketones is 1. The van der Waals surface area contributed by atoms with Gasteiger partial charge >= 0.3 is 0 Å². The van der Waals surface area contributed by atoms with Gasteiger partial charge in [-0.1, -0.05) is 50.2 Å². The maximum absolute atomic E-state index is 11.5. The molecule has 0 bridgehead atoms. The molecular weight excluding hydrogens is 388 g/mol. The Morgan fingerprint density at radius 3 is 2.29 bits per heavy atom. The van der Waals surface area contributed by atoms with Gasteiger partial charge in [0.25, 0.3) is 0 Å². The van der Waals surface area contributed by atoms with Crippen LogP contribution in [0.25, 0.3) is 22.3 Å². The third-order valence-corrected chi connectivity index (χ3v) is 4.82. The Morgan fingerprint density at radius 2 is 1.74 bits per heavy atom. The smallest absolute Gasteiger partial charge is 0.177 e. The SMILES string of the molecule is CC(=O)c1ccc(Cn2c(C)nc3ncc(-c4c(C)noc4C)cc32)cc1.CC(C)C. The first-order valence-electron chi connectivity index (χ1n) is 10.5. The van der Waals surface area contributed by atoms with Crippen LogP contribution in [0.4, 0.5) is 0 Å². The Morgan fingerprint density at radius 1 is 1.10 bits per heavy atom. The van der Waals surface area contributed by atoms with Crippen molar-refractivity contribution in [2.45, 2.75) is 55.0 Å². The highest BCUT2D eigenvalue weighted by molar-refractivity contribution is 5.94. The minimum absolute atomic E-state index is 0.0686. The van der Waals surface area contributed by atoms with Gasteiger partial charge in [-0.15, -0.1) is 0 Å². The van der Waals surface area contributed by atoms with Gasteiger partial charge in [0.15, 0.2) is 11.4 Å². The highest BCUT2D eigenvalue weighted by Gasteiger charge is 2.15. The number of aryl methyl sites for hydroxylation is 3. The molecule has 0 unspecified atom stereocenters. The quantitative estimate of drug-likeness (QED) is 0.384. The summed E-state index contributed by atoms with van der Waals surface area (Å²) >= 11 is 0. The fourth-order valence-corrected chi connectivity index (χ4v) is 3.38. The third kappa shape index (κ3) is 5.08. The minimum atomic E-state index is 0.0686. The van der Waals surface area contributed by atoms with Crippen molar-refractivity contribution in [2.75, 3.05) is 0 Å². The molecule has 31 heavy (non-hydrogen) atoms. The Bertz CT molecular complexity index is 1180. The minimum Gasteiger partial charge on any atom is -0.361 e. The highest BCUT2D eigenvalue weighted by atomic mass is 16.5. The fraction of sp³-hybridized carbons (Fsp3) is 0.360. The van der Waals surface area contributed by atoms with Gasteiger partial charge in [0.2, 0.25) is 0 Å². The molecule has 0 saturated carbocycles. The molecule has 0 fully saturated rings. The lowest BCUT2D eigenvalue weighted by Gasteiger charge is -2.08. The molecule has 162 valence electrons. The summed E-state index contributed by atoms with van der Waals surface area (Å²) in [5.41, 5.74) is 6.27. The van der Waals surface area contributed by atoms with Crippen molar-refractivity contribution < 1.29 is 9.32 Å². The Kier molecular flexibility index (Phi) is 6.68. The highest BCUT2D eigenvalue weighted by Crippen LogP contribution is 2.29. The van der Waals surface area contributed by atoms with Crippen LogP contribution in [0, 0.1) is 26.7 Å². The standard InChI is InChI=1S/C21H20N4O2.C4H10/c1-12-20(14(3)27-24-12)18-9-19-21(22-10-18)23-15(4)25(19)11-16-5-7-17(8-6-16)13(2)26;1-4(2)3/h5-10H,11H2,1-4H3;4H,1-3H3. The Balaban J connectivity index is 0.000000628. The predicted molar refractivity (Wildman–Crippen MR) is 123 cm³/mol. The van der Waals surface area contributed by atoms with Gasteiger partial charge in [0.05, 0.1) is 11.2 Å². The first kappa shape index (κ1) is 22.4. The molecule has 0 aliphatic heterocycles. The number of imidazole rings is 1. The van der Waals surface area contributed by atoms with Crippen molar-refractivity contribution in [1.29, 1.82) is 0 Å². The molecule has 1 aromatic carbocycles. The van der Waals surface area contributed by atoms with Crippen molar-refractivity contribution in [2.24, 2.45) is 5.92 Å². The van der Waals surface area contributed by atoms with Crippen molar-refractivity contribution in [3.63, 3.8) is 0 Å².